The van der Waals surface area contributed by atoms with Crippen LogP contribution >= 0.6 is 0 Å². The second-order valence-corrected chi connectivity index (χ2v) is 8.58. The van der Waals surface area contributed by atoms with Crippen LogP contribution in [0.4, 0.5) is 10.1 Å². The lowest BCUT2D eigenvalue weighted by molar-refractivity contribution is -0.140. The molecule has 37 heavy (non-hydrogen) atoms. The third-order valence-corrected chi connectivity index (χ3v) is 6.51. The van der Waals surface area contributed by atoms with E-state index in [9.17, 15) is 19.5 Å². The third kappa shape index (κ3) is 4.40. The summed E-state index contributed by atoms with van der Waals surface area (Å²) in [5.74, 6) is -3.33. The molecule has 0 saturated carbocycles. The number of halogens is 1. The quantitative estimate of drug-likeness (QED) is 0.120. The van der Waals surface area contributed by atoms with Gasteiger partial charge in [-0.25, -0.2) is 14.2 Å². The normalized spacial score (nSPS) is 18.9. The van der Waals surface area contributed by atoms with E-state index in [2.05, 4.69) is 4.79 Å². The smallest absolute Gasteiger partial charge is 0.441 e. The van der Waals surface area contributed by atoms with Gasteiger partial charge in [-0.2, -0.15) is 4.79 Å². The van der Waals surface area contributed by atoms with Crippen molar-refractivity contribution in [2.45, 2.75) is 12.1 Å². The highest BCUT2D eigenvalue weighted by molar-refractivity contribution is 6.62. The standard InChI is InChI=1S/C29H22FN3O4/c1-36-29(35)25(32-31)27(34)24-26(23-13-7-9-18-8-5-6-12-22(18)23)33(21-10-3-2-4-11-21)37-28(24)19-14-16-20(30)17-15-19/h2-17,24,26,28H,1H3/t24-,26+,28-/m1/s1. The lowest BCUT2D eigenvalue weighted by Crippen LogP contribution is -2.37. The number of ketones is 1. The van der Waals surface area contributed by atoms with Crippen molar-refractivity contribution < 1.29 is 28.3 Å². The van der Waals surface area contributed by atoms with Gasteiger partial charge in [0.1, 0.15) is 11.9 Å². The molecule has 0 radical (unpaired) electrons. The van der Waals surface area contributed by atoms with Crippen molar-refractivity contribution in [3.05, 3.63) is 120 Å². The fraction of sp³-hybridized carbons (Fsp3) is 0.138. The highest BCUT2D eigenvalue weighted by atomic mass is 19.1. The number of ether oxygens (including phenoxy) is 1. The van der Waals surface area contributed by atoms with Gasteiger partial charge in [0.15, 0.2) is 0 Å². The molecule has 184 valence electrons. The van der Waals surface area contributed by atoms with Crippen molar-refractivity contribution in [1.82, 2.24) is 0 Å². The highest BCUT2D eigenvalue weighted by Gasteiger charge is 2.54. The molecule has 0 bridgehead atoms. The molecule has 4 aromatic carbocycles. The van der Waals surface area contributed by atoms with E-state index in [0.717, 1.165) is 23.4 Å². The van der Waals surface area contributed by atoms with Gasteiger partial charge in [0, 0.05) is 0 Å². The van der Waals surface area contributed by atoms with Gasteiger partial charge in [-0.3, -0.25) is 9.63 Å². The van der Waals surface area contributed by atoms with Crippen LogP contribution in [0.3, 0.4) is 0 Å². The van der Waals surface area contributed by atoms with Crippen LogP contribution in [0.5, 0.6) is 0 Å². The van der Waals surface area contributed by atoms with Crippen LogP contribution in [0.25, 0.3) is 16.3 Å². The lowest BCUT2D eigenvalue weighted by atomic mass is 9.80. The maximum absolute atomic E-state index is 14.0. The molecule has 1 saturated heterocycles. The number of carbonyl (C=O) groups is 2. The summed E-state index contributed by atoms with van der Waals surface area (Å²) in [5.41, 5.74) is 10.8. The molecule has 1 heterocycles. The zero-order valence-electron chi connectivity index (χ0n) is 19.8. The molecule has 3 atom stereocenters. The molecule has 1 aliphatic heterocycles. The number of hydrogen-bond donors (Lipinski definition) is 0. The summed E-state index contributed by atoms with van der Waals surface area (Å²) in [7, 11) is 1.10. The van der Waals surface area contributed by atoms with Gasteiger partial charge in [0.05, 0.1) is 24.8 Å². The van der Waals surface area contributed by atoms with Gasteiger partial charge in [-0.05, 0) is 46.2 Å². The van der Waals surface area contributed by atoms with E-state index >= 15 is 0 Å². The first kappa shape index (κ1) is 24.1. The Morgan fingerprint density at radius 2 is 1.59 bits per heavy atom. The maximum Gasteiger partial charge on any atom is 0.441 e. The summed E-state index contributed by atoms with van der Waals surface area (Å²) < 4.78 is 18.5. The molecule has 8 heteroatoms. The second kappa shape index (κ2) is 10.1. The Morgan fingerprint density at radius 3 is 2.30 bits per heavy atom. The summed E-state index contributed by atoms with van der Waals surface area (Å²) in [5, 5.41) is 3.47. The lowest BCUT2D eigenvalue weighted by Gasteiger charge is -2.27. The van der Waals surface area contributed by atoms with Crippen molar-refractivity contribution in [2.24, 2.45) is 5.92 Å². The number of nitrogens with zero attached hydrogens (tertiary/aromatic N) is 3. The Hall–Kier alpha value is -4.65. The molecular weight excluding hydrogens is 473 g/mol. The Balaban J connectivity index is 1.76. The summed E-state index contributed by atoms with van der Waals surface area (Å²) >= 11 is 0. The van der Waals surface area contributed by atoms with Crippen molar-refractivity contribution in [1.29, 1.82) is 0 Å². The molecule has 0 spiro atoms. The van der Waals surface area contributed by atoms with Gasteiger partial charge in [-0.15, -0.1) is 0 Å². The number of Topliss-reactive ketones (excluding diaryl/α,β-unsaturated/α-hetero) is 1. The predicted molar refractivity (Wildman–Crippen MR) is 135 cm³/mol. The van der Waals surface area contributed by atoms with Crippen LogP contribution in [0.1, 0.15) is 23.3 Å². The van der Waals surface area contributed by atoms with E-state index < -0.39 is 41.3 Å². The van der Waals surface area contributed by atoms with Gasteiger partial charge in [-0.1, -0.05) is 72.8 Å². The average Bonchev–Trinajstić information content (AvgIpc) is 3.34. The SMILES string of the molecule is COC(=O)C(=[N+]=[N-])C(=O)[C@@H]1[C@@H](c2ccc(F)cc2)ON(c2ccccc2)[C@H]1c1cccc2ccccc12. The van der Waals surface area contributed by atoms with Crippen LogP contribution in [0.2, 0.25) is 0 Å². The van der Waals surface area contributed by atoms with E-state index in [1.54, 1.807) is 5.06 Å². The van der Waals surface area contributed by atoms with Crippen LogP contribution in [-0.4, -0.2) is 29.4 Å². The number of benzene rings is 4. The van der Waals surface area contributed by atoms with Crippen LogP contribution < -0.4 is 5.06 Å². The number of para-hydroxylation sites is 1. The zero-order valence-corrected chi connectivity index (χ0v) is 19.8. The largest absolute Gasteiger partial charge is 0.460 e. The van der Waals surface area contributed by atoms with E-state index in [1.807, 2.05) is 72.8 Å². The fourth-order valence-electron chi connectivity index (χ4n) is 4.84. The summed E-state index contributed by atoms with van der Waals surface area (Å²) in [6.07, 6.45) is -0.932. The second-order valence-electron chi connectivity index (χ2n) is 8.58. The minimum absolute atomic E-state index is 0.442. The minimum Gasteiger partial charge on any atom is -0.460 e. The molecule has 0 N–H and O–H groups in total. The summed E-state index contributed by atoms with van der Waals surface area (Å²) in [6.45, 7) is 0. The Kier molecular flexibility index (Phi) is 6.60. The first-order chi connectivity index (χ1) is 18.0. The molecule has 0 amide bonds. The number of carbonyl (C=O) groups excluding carboxylic acids is 2. The number of hydrogen-bond acceptors (Lipinski definition) is 5. The molecule has 0 aromatic heterocycles. The monoisotopic (exact) mass is 495 g/mol. The Morgan fingerprint density at radius 1 is 0.919 bits per heavy atom. The summed E-state index contributed by atoms with van der Waals surface area (Å²) in [6, 6.07) is 27.6. The first-order valence-corrected chi connectivity index (χ1v) is 11.6. The highest BCUT2D eigenvalue weighted by Crippen LogP contribution is 2.50. The first-order valence-electron chi connectivity index (χ1n) is 11.6. The average molecular weight is 496 g/mol. The molecule has 4 aromatic rings. The molecule has 7 nitrogen and oxygen atoms in total. The number of esters is 1. The van der Waals surface area contributed by atoms with Crippen LogP contribution in [0, 0.1) is 11.7 Å². The van der Waals surface area contributed by atoms with Gasteiger partial charge in [0.25, 0.3) is 5.78 Å². The number of fused-ring (bicyclic) bond motifs is 1. The van der Waals surface area contributed by atoms with Gasteiger partial charge >= 0.3 is 11.7 Å². The van der Waals surface area contributed by atoms with Crippen molar-refractivity contribution >= 4 is 33.9 Å². The topological polar surface area (TPSA) is 92.2 Å². The molecule has 0 aliphatic carbocycles. The maximum atomic E-state index is 14.0. The number of methoxy groups -OCH3 is 1. The molecular formula is C29H22FN3O4. The summed E-state index contributed by atoms with van der Waals surface area (Å²) in [4.78, 5) is 35.8. The Labute approximate surface area is 212 Å². The van der Waals surface area contributed by atoms with Gasteiger partial charge in [0.2, 0.25) is 0 Å². The molecule has 1 aliphatic rings. The van der Waals surface area contributed by atoms with Crippen LogP contribution in [0.15, 0.2) is 97.1 Å². The van der Waals surface area contributed by atoms with Crippen molar-refractivity contribution in [2.75, 3.05) is 12.2 Å². The molecule has 1 fully saturated rings. The predicted octanol–water partition coefficient (Wildman–Crippen LogP) is 5.24. The minimum atomic E-state index is -1.07. The third-order valence-electron chi connectivity index (χ3n) is 6.51. The van der Waals surface area contributed by atoms with E-state index in [1.165, 1.54) is 24.3 Å². The van der Waals surface area contributed by atoms with Crippen molar-refractivity contribution in [3.63, 3.8) is 0 Å². The number of rotatable bonds is 6. The molecule has 0 unspecified atom stereocenters. The van der Waals surface area contributed by atoms with E-state index in [-0.39, 0.29) is 0 Å². The van der Waals surface area contributed by atoms with E-state index in [0.29, 0.717) is 11.3 Å². The van der Waals surface area contributed by atoms with Crippen LogP contribution in [-0.2, 0) is 19.2 Å². The Bertz CT molecular complexity index is 1510. The number of anilines is 1. The zero-order chi connectivity index (χ0) is 25.9. The van der Waals surface area contributed by atoms with Crippen molar-refractivity contribution in [3.8, 4) is 0 Å². The number of hydroxylamine groups is 1. The van der Waals surface area contributed by atoms with Gasteiger partial charge < -0.3 is 10.3 Å². The fourth-order valence-corrected chi connectivity index (χ4v) is 4.84. The molecule has 5 rings (SSSR count). The van der Waals surface area contributed by atoms with E-state index in [4.69, 9.17) is 9.57 Å².